The third kappa shape index (κ3) is 5.40. The number of para-hydroxylation sites is 9. The van der Waals surface area contributed by atoms with E-state index in [0.29, 0.717) is 33.9 Å². The van der Waals surface area contributed by atoms with Crippen molar-refractivity contribution in [2.75, 3.05) is 0 Å². The number of fused-ring (bicyclic) bond motifs is 16. The molecule has 0 spiro atoms. The monoisotopic (exact) mass is 953 g/mol. The molecule has 0 radical (unpaired) electrons. The van der Waals surface area contributed by atoms with E-state index in [0.717, 1.165) is 115 Å². The van der Waals surface area contributed by atoms with E-state index in [4.69, 9.17) is 0 Å². The second-order valence-electron chi connectivity index (χ2n) is 19.4. The van der Waals surface area contributed by atoms with Crippen LogP contribution in [0, 0.1) is 22.7 Å². The molecule has 0 amide bonds. The van der Waals surface area contributed by atoms with Crippen LogP contribution in [0.5, 0.6) is 0 Å². The van der Waals surface area contributed by atoms with Crippen molar-refractivity contribution in [3.05, 3.63) is 248 Å². The van der Waals surface area contributed by atoms with Crippen molar-refractivity contribution in [2.24, 2.45) is 0 Å². The number of nitriles is 2. The van der Waals surface area contributed by atoms with Crippen LogP contribution >= 0.6 is 0 Å². The first kappa shape index (κ1) is 41.1. The topological polar surface area (TPSA) is 72.2 Å². The average Bonchev–Trinajstić information content (AvgIpc) is 4.29. The Hall–Kier alpha value is -10.6. The van der Waals surface area contributed by atoms with Gasteiger partial charge in [0.05, 0.1) is 77.9 Å². The van der Waals surface area contributed by atoms with Crippen LogP contribution in [0.3, 0.4) is 0 Å². The first-order valence-electron chi connectivity index (χ1n) is 25.2. The molecule has 346 valence electrons. The summed E-state index contributed by atoms with van der Waals surface area (Å²) in [5, 5.41) is 36.1. The summed E-state index contributed by atoms with van der Waals surface area (Å²) in [5.41, 5.74) is 13.7. The molecule has 0 fully saturated rings. The smallest absolute Gasteiger partial charge is 0.104 e. The fourth-order valence-corrected chi connectivity index (χ4v) is 12.8. The van der Waals surface area contributed by atoms with Crippen LogP contribution in [0.15, 0.2) is 237 Å². The van der Waals surface area contributed by atoms with Gasteiger partial charge in [-0.1, -0.05) is 176 Å². The lowest BCUT2D eigenvalue weighted by molar-refractivity contribution is 1.02. The van der Waals surface area contributed by atoms with E-state index in [1.54, 1.807) is 0 Å². The number of hydrogen-bond donors (Lipinski definition) is 0. The minimum absolute atomic E-state index is 0.413. The number of nitrogens with zero attached hydrogens (tertiary/aromatic N) is 7. The van der Waals surface area contributed by atoms with Gasteiger partial charge in [0, 0.05) is 59.5 Å². The third-order valence-electron chi connectivity index (χ3n) is 15.7. The SMILES string of the molecule is N#Cc1c(-n2c3ccccc3c3ccccc32)c(-n2c3ccccc3c3ccccc32)c(C#N)c(-n2c3ccccc3c3ccc4c5ccccc5n(-c5ccccc5)c4c32)c1-n1c2ccccc2c2ccccc21. The quantitative estimate of drug-likeness (QED) is 0.172. The molecule has 0 saturated heterocycles. The van der Waals surface area contributed by atoms with Crippen molar-refractivity contribution in [3.63, 3.8) is 0 Å². The molecule has 0 aliphatic rings. The largest absolute Gasteiger partial charge is 0.307 e. The van der Waals surface area contributed by atoms with Gasteiger partial charge in [-0.15, -0.1) is 0 Å². The zero-order valence-electron chi connectivity index (χ0n) is 40.1. The maximum Gasteiger partial charge on any atom is 0.104 e. The molecule has 0 atom stereocenters. The Morgan fingerprint density at radius 1 is 0.213 bits per heavy atom. The van der Waals surface area contributed by atoms with Gasteiger partial charge in [-0.2, -0.15) is 10.5 Å². The molecule has 7 nitrogen and oxygen atoms in total. The van der Waals surface area contributed by atoms with Crippen LogP contribution in [0.2, 0.25) is 0 Å². The average molecular weight is 954 g/mol. The van der Waals surface area contributed by atoms with Crippen LogP contribution in [-0.2, 0) is 0 Å². The number of benzene rings is 11. The van der Waals surface area contributed by atoms with Crippen molar-refractivity contribution in [3.8, 4) is 40.6 Å². The molecule has 0 saturated carbocycles. The van der Waals surface area contributed by atoms with Crippen LogP contribution < -0.4 is 0 Å². The first-order chi connectivity index (χ1) is 37.2. The summed E-state index contributed by atoms with van der Waals surface area (Å²) in [6.45, 7) is 0. The summed E-state index contributed by atoms with van der Waals surface area (Å²) in [6, 6.07) is 88.8. The van der Waals surface area contributed by atoms with Gasteiger partial charge in [0.1, 0.15) is 23.3 Å². The van der Waals surface area contributed by atoms with Crippen molar-refractivity contribution in [1.29, 1.82) is 10.5 Å². The normalized spacial score (nSPS) is 12.0. The molecule has 0 aliphatic heterocycles. The van der Waals surface area contributed by atoms with Gasteiger partial charge < -0.3 is 22.8 Å². The first-order valence-corrected chi connectivity index (χ1v) is 25.2. The predicted octanol–water partition coefficient (Wildman–Crippen LogP) is 16.9. The van der Waals surface area contributed by atoms with Crippen molar-refractivity contribution in [1.82, 2.24) is 22.8 Å². The summed E-state index contributed by atoms with van der Waals surface area (Å²) >= 11 is 0. The van der Waals surface area contributed by atoms with Gasteiger partial charge in [0.15, 0.2) is 0 Å². The van der Waals surface area contributed by atoms with Crippen LogP contribution in [-0.4, -0.2) is 22.8 Å². The van der Waals surface area contributed by atoms with E-state index in [1.807, 2.05) is 0 Å². The van der Waals surface area contributed by atoms with Crippen molar-refractivity contribution in [2.45, 2.75) is 0 Å². The Kier molecular flexibility index (Phi) is 8.46. The van der Waals surface area contributed by atoms with Crippen LogP contribution in [0.4, 0.5) is 0 Å². The highest BCUT2D eigenvalue weighted by atomic mass is 15.1. The fraction of sp³-hybridized carbons (Fsp3) is 0. The molecule has 0 aliphatic carbocycles. The zero-order chi connectivity index (χ0) is 49.5. The van der Waals surface area contributed by atoms with E-state index in [2.05, 4.69) is 272 Å². The van der Waals surface area contributed by atoms with Crippen LogP contribution in [0.25, 0.3) is 137 Å². The Morgan fingerprint density at radius 3 is 0.747 bits per heavy atom. The number of rotatable bonds is 5. The van der Waals surface area contributed by atoms with E-state index in [-0.39, 0.29) is 0 Å². The molecule has 5 heterocycles. The molecular weight excluding hydrogens is 915 g/mol. The molecule has 11 aromatic carbocycles. The van der Waals surface area contributed by atoms with Crippen LogP contribution in [0.1, 0.15) is 11.1 Å². The second-order valence-corrected chi connectivity index (χ2v) is 19.4. The van der Waals surface area contributed by atoms with Crippen molar-refractivity contribution >= 4 is 109 Å². The van der Waals surface area contributed by atoms with Gasteiger partial charge in [-0.3, -0.25) is 0 Å². The predicted molar refractivity (Wildman–Crippen MR) is 308 cm³/mol. The molecular formula is C68H39N7. The molecule has 5 aromatic heterocycles. The van der Waals surface area contributed by atoms with E-state index in [1.165, 1.54) is 0 Å². The Morgan fingerprint density at radius 2 is 0.440 bits per heavy atom. The third-order valence-corrected chi connectivity index (χ3v) is 15.7. The lowest BCUT2D eigenvalue weighted by atomic mass is 9.98. The molecule has 75 heavy (non-hydrogen) atoms. The fourth-order valence-electron chi connectivity index (χ4n) is 12.8. The van der Waals surface area contributed by atoms with Gasteiger partial charge >= 0.3 is 0 Å². The van der Waals surface area contributed by atoms with E-state index >= 15 is 0 Å². The molecule has 16 aromatic rings. The van der Waals surface area contributed by atoms with Gasteiger partial charge in [-0.25, -0.2) is 0 Å². The highest BCUT2D eigenvalue weighted by Crippen LogP contribution is 2.50. The Labute approximate surface area is 428 Å². The number of aromatic nitrogens is 5. The van der Waals surface area contributed by atoms with E-state index < -0.39 is 0 Å². The minimum atomic E-state index is 0.413. The van der Waals surface area contributed by atoms with Gasteiger partial charge in [0.2, 0.25) is 0 Å². The maximum absolute atomic E-state index is 12.8. The second kappa shape index (κ2) is 15.5. The minimum Gasteiger partial charge on any atom is -0.307 e. The highest BCUT2D eigenvalue weighted by molar-refractivity contribution is 6.25. The Bertz CT molecular complexity index is 5060. The maximum atomic E-state index is 12.8. The summed E-state index contributed by atoms with van der Waals surface area (Å²) in [7, 11) is 0. The summed E-state index contributed by atoms with van der Waals surface area (Å²) in [5.74, 6) is 0. The zero-order valence-corrected chi connectivity index (χ0v) is 40.1. The van der Waals surface area contributed by atoms with E-state index in [9.17, 15) is 10.5 Å². The standard InChI is InChI=1S/C68H39N7/c69-40-53-65(72-56-31-13-4-22-43(56)44-23-5-14-32-57(44)72)66(73-58-33-15-6-24-45(58)46-25-7-16-34-59(46)73)54(41-70)68(67(53)74-60-35-17-8-26-47(60)48-27-9-18-36-61(48)74)75-62-37-19-11-29-50(62)52-39-38-51-49-28-10-12-30-55(49)71(63(51)64(52)75)42-20-2-1-3-21-42/h1-39H. The lowest BCUT2D eigenvalue weighted by Crippen LogP contribution is -2.17. The molecule has 0 N–H and O–H groups in total. The summed E-state index contributed by atoms with van der Waals surface area (Å²) < 4.78 is 11.5. The summed E-state index contributed by atoms with van der Waals surface area (Å²) in [6.07, 6.45) is 0. The summed E-state index contributed by atoms with van der Waals surface area (Å²) in [4.78, 5) is 0. The van der Waals surface area contributed by atoms with Gasteiger partial charge in [-0.05, 0) is 60.7 Å². The van der Waals surface area contributed by atoms with Gasteiger partial charge in [0.25, 0.3) is 0 Å². The lowest BCUT2D eigenvalue weighted by Gasteiger charge is -2.27. The molecule has 16 rings (SSSR count). The molecule has 0 unspecified atom stereocenters. The molecule has 0 bridgehead atoms. The highest BCUT2D eigenvalue weighted by Gasteiger charge is 2.35. The van der Waals surface area contributed by atoms with Crippen molar-refractivity contribution < 1.29 is 0 Å². The Balaban J connectivity index is 1.25. The number of hydrogen-bond acceptors (Lipinski definition) is 2. The molecule has 7 heteroatoms.